The fourth-order valence-corrected chi connectivity index (χ4v) is 5.28. The molecule has 1 saturated carbocycles. The number of likely N-dealkylation sites (tertiary alicyclic amines) is 1. The number of nitrogens with zero attached hydrogens (tertiary/aromatic N) is 5. The Hall–Kier alpha value is -1.89. The van der Waals surface area contributed by atoms with E-state index in [9.17, 15) is 4.79 Å². The number of hydrogen-bond donors (Lipinski definition) is 1. The molecule has 1 N–H and O–H groups in total. The van der Waals surface area contributed by atoms with Crippen molar-refractivity contribution in [2.24, 2.45) is 0 Å². The van der Waals surface area contributed by atoms with Crippen molar-refractivity contribution in [3.8, 4) is 11.5 Å². The molecule has 2 fully saturated rings. The highest BCUT2D eigenvalue weighted by Gasteiger charge is 2.34. The summed E-state index contributed by atoms with van der Waals surface area (Å²) in [6.07, 6.45) is 9.73. The standard InChI is InChI=1S/C21H32N6O/c1-2-10-26-20-17(23-18(24-20)15-8-4-5-9-15)19-22-16(14-27(19)21(26)28)13-25-11-6-3-7-12-25/h15-16,22H,2-14H2,1H3. The maximum atomic E-state index is 13.2. The zero-order valence-electron chi connectivity index (χ0n) is 17.0. The van der Waals surface area contributed by atoms with E-state index in [-0.39, 0.29) is 11.7 Å². The summed E-state index contributed by atoms with van der Waals surface area (Å²) in [7, 11) is 0. The molecule has 1 saturated heterocycles. The molecule has 0 aromatic carbocycles. The highest BCUT2D eigenvalue weighted by atomic mass is 16.1. The summed E-state index contributed by atoms with van der Waals surface area (Å²) in [5, 5.41) is 3.64. The molecular formula is C21H32N6O. The van der Waals surface area contributed by atoms with Crippen LogP contribution in [0.3, 0.4) is 0 Å². The molecule has 0 amide bonds. The molecule has 4 aliphatic heterocycles. The van der Waals surface area contributed by atoms with Gasteiger partial charge in [0.2, 0.25) is 0 Å². The van der Waals surface area contributed by atoms with Gasteiger partial charge < -0.3 is 10.2 Å². The number of nitrogens with one attached hydrogen (secondary N) is 1. The predicted octanol–water partition coefficient (Wildman–Crippen LogP) is 2.89. The molecule has 5 aliphatic rings. The van der Waals surface area contributed by atoms with E-state index < -0.39 is 0 Å². The van der Waals surface area contributed by atoms with E-state index >= 15 is 0 Å². The van der Waals surface area contributed by atoms with Crippen LogP contribution in [-0.2, 0) is 13.1 Å². The molecule has 0 spiro atoms. The van der Waals surface area contributed by atoms with E-state index in [1.807, 2.05) is 9.13 Å². The average molecular weight is 385 g/mol. The van der Waals surface area contributed by atoms with Crippen LogP contribution in [-0.4, -0.2) is 49.7 Å². The van der Waals surface area contributed by atoms with Crippen LogP contribution in [0.4, 0.5) is 5.82 Å². The summed E-state index contributed by atoms with van der Waals surface area (Å²) >= 11 is 0. The molecule has 1 unspecified atom stereocenters. The maximum Gasteiger partial charge on any atom is 0.331 e. The normalized spacial score (nSPS) is 23.4. The van der Waals surface area contributed by atoms with E-state index in [2.05, 4.69) is 17.1 Å². The summed E-state index contributed by atoms with van der Waals surface area (Å²) in [5.41, 5.74) is 0.965. The van der Waals surface area contributed by atoms with Gasteiger partial charge in [0.25, 0.3) is 0 Å². The van der Waals surface area contributed by atoms with Crippen LogP contribution in [0.1, 0.15) is 70.0 Å². The van der Waals surface area contributed by atoms with Gasteiger partial charge in [-0.1, -0.05) is 26.2 Å². The molecule has 28 heavy (non-hydrogen) atoms. The van der Waals surface area contributed by atoms with E-state index in [4.69, 9.17) is 9.97 Å². The lowest BCUT2D eigenvalue weighted by atomic mass is 10.1. The summed E-state index contributed by atoms with van der Waals surface area (Å²) in [6, 6.07) is 0.276. The molecule has 1 aliphatic carbocycles. The van der Waals surface area contributed by atoms with Crippen LogP contribution in [0, 0.1) is 0 Å². The van der Waals surface area contributed by atoms with Crippen LogP contribution < -0.4 is 11.0 Å². The van der Waals surface area contributed by atoms with Gasteiger partial charge in [-0.25, -0.2) is 14.8 Å². The third-order valence-electron chi connectivity index (χ3n) is 6.71. The lowest BCUT2D eigenvalue weighted by molar-refractivity contribution is 0.218. The molecule has 7 nitrogen and oxygen atoms in total. The third kappa shape index (κ3) is 3.13. The van der Waals surface area contributed by atoms with E-state index in [0.717, 1.165) is 42.7 Å². The minimum atomic E-state index is 0.0656. The summed E-state index contributed by atoms with van der Waals surface area (Å²) in [5.74, 6) is 3.09. The van der Waals surface area contributed by atoms with Gasteiger partial charge in [0.15, 0.2) is 5.82 Å². The van der Waals surface area contributed by atoms with Crippen molar-refractivity contribution in [2.75, 3.05) is 25.0 Å². The van der Waals surface area contributed by atoms with Gasteiger partial charge in [0, 0.05) is 19.0 Å². The number of aromatic nitrogens is 4. The van der Waals surface area contributed by atoms with Crippen molar-refractivity contribution >= 4 is 5.82 Å². The lowest BCUT2D eigenvalue weighted by Gasteiger charge is -2.28. The minimum Gasteiger partial charge on any atom is -0.364 e. The number of imidazole rings is 1. The Morgan fingerprint density at radius 1 is 1.07 bits per heavy atom. The van der Waals surface area contributed by atoms with Crippen LogP contribution in [0.25, 0.3) is 11.5 Å². The van der Waals surface area contributed by atoms with Crippen molar-refractivity contribution in [3.05, 3.63) is 16.3 Å². The second-order valence-corrected chi connectivity index (χ2v) is 8.83. The summed E-state index contributed by atoms with van der Waals surface area (Å²) < 4.78 is 3.77. The quantitative estimate of drug-likeness (QED) is 0.858. The zero-order valence-corrected chi connectivity index (χ0v) is 17.0. The SMILES string of the molecule is CCCn1c2nc(C3CCCC3)nc-2c2n(c1=O)CC(CN1CCCCC1)N2. The third-order valence-corrected chi connectivity index (χ3v) is 6.71. The second-order valence-electron chi connectivity index (χ2n) is 8.83. The van der Waals surface area contributed by atoms with Crippen molar-refractivity contribution in [2.45, 2.75) is 83.3 Å². The highest BCUT2D eigenvalue weighted by Crippen LogP contribution is 2.37. The second kappa shape index (κ2) is 7.50. The first-order valence-corrected chi connectivity index (χ1v) is 11.2. The molecule has 0 aromatic rings. The Labute approximate surface area is 166 Å². The van der Waals surface area contributed by atoms with Crippen molar-refractivity contribution in [3.63, 3.8) is 0 Å². The fourth-order valence-electron chi connectivity index (χ4n) is 5.28. The van der Waals surface area contributed by atoms with Gasteiger partial charge in [-0.3, -0.25) is 9.13 Å². The molecule has 1 atom stereocenters. The summed E-state index contributed by atoms with van der Waals surface area (Å²) in [4.78, 5) is 25.6. The zero-order chi connectivity index (χ0) is 19.1. The first-order chi connectivity index (χ1) is 13.7. The predicted molar refractivity (Wildman–Crippen MR) is 110 cm³/mol. The van der Waals surface area contributed by atoms with Crippen molar-refractivity contribution in [1.29, 1.82) is 0 Å². The molecule has 7 heteroatoms. The largest absolute Gasteiger partial charge is 0.364 e. The monoisotopic (exact) mass is 384 g/mol. The number of piperidine rings is 1. The smallest absolute Gasteiger partial charge is 0.331 e. The number of hydrogen-bond acceptors (Lipinski definition) is 5. The molecule has 152 valence electrons. The van der Waals surface area contributed by atoms with Gasteiger partial charge >= 0.3 is 5.69 Å². The van der Waals surface area contributed by atoms with Crippen LogP contribution >= 0.6 is 0 Å². The Kier molecular flexibility index (Phi) is 4.87. The van der Waals surface area contributed by atoms with Crippen molar-refractivity contribution < 1.29 is 0 Å². The first-order valence-electron chi connectivity index (χ1n) is 11.2. The average Bonchev–Trinajstić information content (AvgIpc) is 3.44. The molecule has 0 aromatic heterocycles. The van der Waals surface area contributed by atoms with Crippen LogP contribution in [0.5, 0.6) is 0 Å². The summed E-state index contributed by atoms with van der Waals surface area (Å²) in [6.45, 7) is 6.90. The molecular weight excluding hydrogens is 352 g/mol. The van der Waals surface area contributed by atoms with Crippen LogP contribution in [0.2, 0.25) is 0 Å². The topological polar surface area (TPSA) is 68.0 Å². The highest BCUT2D eigenvalue weighted by molar-refractivity contribution is 5.70. The molecule has 0 radical (unpaired) electrons. The lowest BCUT2D eigenvalue weighted by Crippen LogP contribution is -2.39. The molecule has 4 heterocycles. The van der Waals surface area contributed by atoms with E-state index in [1.54, 1.807) is 0 Å². The Bertz CT molecular complexity index is 859. The minimum absolute atomic E-state index is 0.0656. The Balaban J connectivity index is 1.49. The van der Waals surface area contributed by atoms with E-state index in [1.165, 1.54) is 58.0 Å². The maximum absolute atomic E-state index is 13.2. The molecule has 0 bridgehead atoms. The van der Waals surface area contributed by atoms with E-state index in [0.29, 0.717) is 12.5 Å². The van der Waals surface area contributed by atoms with Gasteiger partial charge in [0.1, 0.15) is 17.3 Å². The molecule has 5 rings (SSSR count). The van der Waals surface area contributed by atoms with Gasteiger partial charge in [-0.15, -0.1) is 0 Å². The van der Waals surface area contributed by atoms with Gasteiger partial charge in [0.05, 0.1) is 12.6 Å². The number of rotatable bonds is 5. The Morgan fingerprint density at radius 3 is 2.61 bits per heavy atom. The van der Waals surface area contributed by atoms with Crippen LogP contribution in [0.15, 0.2) is 4.79 Å². The fraction of sp³-hybridized carbons (Fsp3) is 0.762. The van der Waals surface area contributed by atoms with Crippen molar-refractivity contribution in [1.82, 2.24) is 24.0 Å². The van der Waals surface area contributed by atoms with Gasteiger partial charge in [-0.05, 0) is 45.2 Å². The number of anilines is 1. The Morgan fingerprint density at radius 2 is 1.86 bits per heavy atom. The van der Waals surface area contributed by atoms with Gasteiger partial charge in [-0.2, -0.15) is 0 Å². The first kappa shape index (κ1) is 18.2. The number of fused-ring (bicyclic) bond motifs is 3.